The molecule has 0 saturated heterocycles. The van der Waals surface area contributed by atoms with Gasteiger partial charge in [-0.3, -0.25) is 9.78 Å². The molecule has 3 rings (SSSR count). The number of pyridine rings is 1. The van der Waals surface area contributed by atoms with Crippen LogP contribution in [0.4, 0.5) is 0 Å². The summed E-state index contributed by atoms with van der Waals surface area (Å²) in [6.45, 7) is 2.60. The molecule has 0 radical (unpaired) electrons. The lowest BCUT2D eigenvalue weighted by Crippen LogP contribution is -2.44. The van der Waals surface area contributed by atoms with Crippen molar-refractivity contribution in [1.29, 1.82) is 0 Å². The Hall–Kier alpha value is -1.99. The first-order valence-corrected chi connectivity index (χ1v) is 7.95. The lowest BCUT2D eigenvalue weighted by atomic mass is 9.79. The lowest BCUT2D eigenvalue weighted by molar-refractivity contribution is 0.0906. The smallest absolute Gasteiger partial charge is 0.253 e. The molecule has 23 heavy (non-hydrogen) atoms. The van der Waals surface area contributed by atoms with E-state index >= 15 is 0 Å². The number of nitrogens with one attached hydrogen (secondary N) is 1. The van der Waals surface area contributed by atoms with Crippen LogP contribution >= 0.6 is 11.6 Å². The van der Waals surface area contributed by atoms with E-state index in [2.05, 4.69) is 20.5 Å². The summed E-state index contributed by atoms with van der Waals surface area (Å²) in [6, 6.07) is 1.70. The van der Waals surface area contributed by atoms with Crippen LogP contribution in [0.1, 0.15) is 47.7 Å². The predicted octanol–water partition coefficient (Wildman–Crippen LogP) is 1.51. The van der Waals surface area contributed by atoms with E-state index in [1.165, 1.54) is 6.20 Å². The third kappa shape index (κ3) is 3.07. The summed E-state index contributed by atoms with van der Waals surface area (Å²) in [4.78, 5) is 16.1. The molecule has 0 aliphatic heterocycles. The lowest BCUT2D eigenvalue weighted by Gasteiger charge is -2.35. The van der Waals surface area contributed by atoms with E-state index in [-0.39, 0.29) is 24.5 Å². The Labute approximate surface area is 138 Å². The minimum atomic E-state index is -0.186. The molecule has 1 aliphatic carbocycles. The van der Waals surface area contributed by atoms with Gasteiger partial charge in [-0.05, 0) is 25.8 Å². The van der Waals surface area contributed by atoms with Crippen LogP contribution in [0.25, 0.3) is 0 Å². The molecule has 1 aliphatic rings. The molecule has 2 aromatic rings. The van der Waals surface area contributed by atoms with Crippen LogP contribution in [0.15, 0.2) is 18.5 Å². The quantitative estimate of drug-likeness (QED) is 0.864. The second-order valence-corrected chi connectivity index (χ2v) is 5.98. The average Bonchev–Trinajstić information content (AvgIpc) is 2.93. The molecule has 1 fully saturated rings. The molecule has 2 N–H and O–H groups in total. The average molecular weight is 336 g/mol. The van der Waals surface area contributed by atoms with Crippen LogP contribution < -0.4 is 5.32 Å². The first-order chi connectivity index (χ1) is 11.1. The van der Waals surface area contributed by atoms with Crippen LogP contribution in [-0.2, 0) is 13.2 Å². The predicted molar refractivity (Wildman–Crippen MR) is 84.1 cm³/mol. The van der Waals surface area contributed by atoms with Gasteiger partial charge in [-0.25, -0.2) is 0 Å². The number of halogens is 1. The van der Waals surface area contributed by atoms with Gasteiger partial charge in [0.2, 0.25) is 0 Å². The highest BCUT2D eigenvalue weighted by Crippen LogP contribution is 2.36. The number of aliphatic hydroxyl groups is 1. The van der Waals surface area contributed by atoms with Gasteiger partial charge in [-0.2, -0.15) is 0 Å². The largest absolute Gasteiger partial charge is 0.388 e. The SMILES string of the molecule is CCn1c(CO)nnc1C1CC(NC(=O)c2ccncc2Cl)C1. The summed E-state index contributed by atoms with van der Waals surface area (Å²) in [7, 11) is 0. The number of hydrogen-bond donors (Lipinski definition) is 2. The van der Waals surface area contributed by atoms with E-state index in [1.54, 1.807) is 12.3 Å². The van der Waals surface area contributed by atoms with Crippen molar-refractivity contribution in [1.82, 2.24) is 25.1 Å². The molecule has 8 heteroatoms. The number of hydrogen-bond acceptors (Lipinski definition) is 5. The molecule has 0 bridgehead atoms. The highest BCUT2D eigenvalue weighted by Gasteiger charge is 2.35. The van der Waals surface area contributed by atoms with Crippen molar-refractivity contribution in [2.75, 3.05) is 0 Å². The second-order valence-electron chi connectivity index (χ2n) is 5.57. The van der Waals surface area contributed by atoms with Gasteiger partial charge in [0.25, 0.3) is 5.91 Å². The maximum atomic E-state index is 12.2. The van der Waals surface area contributed by atoms with Gasteiger partial charge in [0.15, 0.2) is 5.82 Å². The molecule has 0 unspecified atom stereocenters. The molecule has 0 spiro atoms. The molecule has 0 aromatic carbocycles. The molecule has 2 aromatic heterocycles. The second kappa shape index (κ2) is 6.64. The number of carbonyl (C=O) groups excluding carboxylic acids is 1. The Kier molecular flexibility index (Phi) is 4.58. The Morgan fingerprint density at radius 1 is 1.48 bits per heavy atom. The fraction of sp³-hybridized carbons (Fsp3) is 0.467. The zero-order chi connectivity index (χ0) is 16.4. The van der Waals surface area contributed by atoms with Gasteiger partial charge in [0.1, 0.15) is 12.4 Å². The van der Waals surface area contributed by atoms with Crippen molar-refractivity contribution in [2.45, 2.75) is 44.9 Å². The number of rotatable bonds is 5. The highest BCUT2D eigenvalue weighted by atomic mass is 35.5. The van der Waals surface area contributed by atoms with Crippen LogP contribution in [0, 0.1) is 0 Å². The van der Waals surface area contributed by atoms with Crippen molar-refractivity contribution >= 4 is 17.5 Å². The number of carbonyl (C=O) groups is 1. The Balaban J connectivity index is 1.60. The van der Waals surface area contributed by atoms with Crippen LogP contribution in [0.5, 0.6) is 0 Å². The van der Waals surface area contributed by atoms with E-state index < -0.39 is 0 Å². The van der Waals surface area contributed by atoms with Crippen LogP contribution in [0.3, 0.4) is 0 Å². The summed E-state index contributed by atoms with van der Waals surface area (Å²) in [5.41, 5.74) is 0.435. The standard InChI is InChI=1S/C15H18ClN5O2/c1-2-21-13(8-22)19-20-14(21)9-5-10(6-9)18-15(23)11-3-4-17-7-12(11)16/h3-4,7,9-10,22H,2,5-6,8H2,1H3,(H,18,23). The summed E-state index contributed by atoms with van der Waals surface area (Å²) in [6.07, 6.45) is 4.61. The number of amides is 1. The van der Waals surface area contributed by atoms with Crippen LogP contribution in [0.2, 0.25) is 5.02 Å². The number of nitrogens with zero attached hydrogens (tertiary/aromatic N) is 4. The van der Waals surface area contributed by atoms with Crippen molar-refractivity contribution in [2.24, 2.45) is 0 Å². The van der Waals surface area contributed by atoms with Gasteiger partial charge < -0.3 is 15.0 Å². The van der Waals surface area contributed by atoms with Gasteiger partial charge in [0, 0.05) is 30.9 Å². The Morgan fingerprint density at radius 2 is 2.26 bits per heavy atom. The fourth-order valence-corrected chi connectivity index (χ4v) is 3.09. The Morgan fingerprint density at radius 3 is 2.91 bits per heavy atom. The zero-order valence-electron chi connectivity index (χ0n) is 12.7. The first kappa shape index (κ1) is 15.9. The molecule has 2 heterocycles. The van der Waals surface area contributed by atoms with E-state index in [0.717, 1.165) is 25.2 Å². The first-order valence-electron chi connectivity index (χ1n) is 7.57. The third-order valence-corrected chi connectivity index (χ3v) is 4.47. The molecule has 1 amide bonds. The minimum absolute atomic E-state index is 0.0938. The minimum Gasteiger partial charge on any atom is -0.388 e. The molecule has 122 valence electrons. The van der Waals surface area contributed by atoms with Crippen molar-refractivity contribution in [3.63, 3.8) is 0 Å². The highest BCUT2D eigenvalue weighted by molar-refractivity contribution is 6.33. The summed E-state index contributed by atoms with van der Waals surface area (Å²) in [5.74, 6) is 1.53. The zero-order valence-corrected chi connectivity index (χ0v) is 13.5. The van der Waals surface area contributed by atoms with Crippen molar-refractivity contribution in [3.05, 3.63) is 40.7 Å². The van der Waals surface area contributed by atoms with Gasteiger partial charge in [-0.1, -0.05) is 11.6 Å². The van der Waals surface area contributed by atoms with Gasteiger partial charge in [0.05, 0.1) is 10.6 Å². The van der Waals surface area contributed by atoms with Gasteiger partial charge >= 0.3 is 0 Å². The van der Waals surface area contributed by atoms with Crippen molar-refractivity contribution < 1.29 is 9.90 Å². The maximum absolute atomic E-state index is 12.2. The molecular weight excluding hydrogens is 318 g/mol. The maximum Gasteiger partial charge on any atom is 0.253 e. The molecule has 0 atom stereocenters. The number of aliphatic hydroxyl groups excluding tert-OH is 1. The number of aromatic nitrogens is 4. The fourth-order valence-electron chi connectivity index (χ4n) is 2.88. The van der Waals surface area contributed by atoms with Gasteiger partial charge in [-0.15, -0.1) is 10.2 Å². The Bertz CT molecular complexity index is 712. The van der Waals surface area contributed by atoms with Crippen LogP contribution in [-0.4, -0.2) is 36.8 Å². The normalized spacial score (nSPS) is 20.1. The van der Waals surface area contributed by atoms with E-state index in [9.17, 15) is 9.90 Å². The summed E-state index contributed by atoms with van der Waals surface area (Å²) in [5, 5.41) is 20.8. The van der Waals surface area contributed by atoms with E-state index in [1.807, 2.05) is 11.5 Å². The topological polar surface area (TPSA) is 92.9 Å². The van der Waals surface area contributed by atoms with E-state index in [4.69, 9.17) is 11.6 Å². The summed E-state index contributed by atoms with van der Waals surface area (Å²) >= 11 is 5.98. The molecule has 7 nitrogen and oxygen atoms in total. The third-order valence-electron chi connectivity index (χ3n) is 4.17. The summed E-state index contributed by atoms with van der Waals surface area (Å²) < 4.78 is 1.93. The molecule has 1 saturated carbocycles. The monoisotopic (exact) mass is 335 g/mol. The van der Waals surface area contributed by atoms with Crippen molar-refractivity contribution in [3.8, 4) is 0 Å². The van der Waals surface area contributed by atoms with E-state index in [0.29, 0.717) is 16.4 Å². The molecular formula is C15H18ClN5O2.